The van der Waals surface area contributed by atoms with Crippen molar-refractivity contribution < 1.29 is 18.0 Å². The zero-order chi connectivity index (χ0) is 16.6. The lowest BCUT2D eigenvalue weighted by Gasteiger charge is -2.20. The number of hydrogen-bond donors (Lipinski definition) is 0. The van der Waals surface area contributed by atoms with Crippen molar-refractivity contribution in [3.05, 3.63) is 40.6 Å². The van der Waals surface area contributed by atoms with Crippen LogP contribution in [0.2, 0.25) is 5.15 Å². The summed E-state index contributed by atoms with van der Waals surface area (Å²) >= 11 is 6.00. The molecule has 0 aliphatic carbocycles. The molecule has 0 atom stereocenters. The zero-order valence-corrected chi connectivity index (χ0v) is 12.2. The predicted molar refractivity (Wildman–Crippen MR) is 75.0 cm³/mol. The minimum absolute atomic E-state index is 0.0385. The molecule has 1 aromatic carbocycles. The van der Waals surface area contributed by atoms with E-state index in [-0.39, 0.29) is 22.4 Å². The summed E-state index contributed by atoms with van der Waals surface area (Å²) in [4.78, 5) is 12.9. The largest absolute Gasteiger partial charge is 0.272 e. The summed E-state index contributed by atoms with van der Waals surface area (Å²) in [7, 11) is 0. The van der Waals surface area contributed by atoms with Gasteiger partial charge in [-0.2, -0.15) is 10.2 Å². The predicted octanol–water partition coefficient (Wildman–Crippen LogP) is 3.23. The van der Waals surface area contributed by atoms with Crippen LogP contribution in [0.5, 0.6) is 0 Å². The van der Waals surface area contributed by atoms with Gasteiger partial charge in [-0.15, -0.1) is 0 Å². The molecule has 0 unspecified atom stereocenters. The van der Waals surface area contributed by atoms with Crippen LogP contribution in [0.1, 0.15) is 12.2 Å². The van der Waals surface area contributed by atoms with Gasteiger partial charge >= 0.3 is 0 Å². The summed E-state index contributed by atoms with van der Waals surface area (Å²) in [5.41, 5.74) is -0.769. The summed E-state index contributed by atoms with van der Waals surface area (Å²) in [6, 6.07) is 2.77. The number of halogens is 4. The minimum atomic E-state index is -1.15. The van der Waals surface area contributed by atoms with E-state index in [0.29, 0.717) is 31.7 Å². The molecule has 2 heterocycles. The van der Waals surface area contributed by atoms with Gasteiger partial charge in [0.1, 0.15) is 28.7 Å². The van der Waals surface area contributed by atoms with Gasteiger partial charge in [-0.3, -0.25) is 4.84 Å². The van der Waals surface area contributed by atoms with Crippen LogP contribution in [0, 0.1) is 28.8 Å². The number of hydroxylamine groups is 1. The lowest BCUT2D eigenvalue weighted by Crippen LogP contribution is -2.20. The van der Waals surface area contributed by atoms with Crippen molar-refractivity contribution in [2.45, 2.75) is 6.42 Å². The van der Waals surface area contributed by atoms with Gasteiger partial charge in [0.15, 0.2) is 5.82 Å². The average molecular weight is 341 g/mol. The van der Waals surface area contributed by atoms with E-state index in [1.807, 2.05) is 0 Å². The fourth-order valence-corrected chi connectivity index (χ4v) is 2.52. The molecule has 2 aromatic rings. The van der Waals surface area contributed by atoms with Crippen molar-refractivity contribution in [2.24, 2.45) is 0 Å². The monoisotopic (exact) mass is 340 g/mol. The third-order valence-corrected chi connectivity index (χ3v) is 3.47. The molecule has 1 aliphatic rings. The van der Waals surface area contributed by atoms with Gasteiger partial charge in [-0.1, -0.05) is 11.6 Å². The molecule has 0 saturated carbocycles. The Labute approximate surface area is 133 Å². The van der Waals surface area contributed by atoms with Crippen molar-refractivity contribution >= 4 is 17.4 Å². The van der Waals surface area contributed by atoms with Gasteiger partial charge in [0.2, 0.25) is 5.82 Å². The van der Waals surface area contributed by atoms with Crippen molar-refractivity contribution in [1.82, 2.24) is 9.97 Å². The Balaban J connectivity index is 2.29. The van der Waals surface area contributed by atoms with Crippen LogP contribution in [0.4, 0.5) is 19.0 Å². The van der Waals surface area contributed by atoms with Crippen molar-refractivity contribution in [2.75, 3.05) is 18.2 Å². The molecule has 0 bridgehead atoms. The van der Waals surface area contributed by atoms with Crippen molar-refractivity contribution in [3.63, 3.8) is 0 Å². The maximum atomic E-state index is 14.1. The highest BCUT2D eigenvalue weighted by Crippen LogP contribution is 2.39. The van der Waals surface area contributed by atoms with Crippen molar-refractivity contribution in [3.8, 4) is 17.2 Å². The smallest absolute Gasteiger partial charge is 0.235 e. The minimum Gasteiger partial charge on any atom is -0.272 e. The molecular formula is C14H8ClF3N4O. The first kappa shape index (κ1) is 15.5. The Kier molecular flexibility index (Phi) is 4.07. The van der Waals surface area contributed by atoms with Crippen LogP contribution in [0.3, 0.4) is 0 Å². The van der Waals surface area contributed by atoms with Crippen LogP contribution in [0.25, 0.3) is 11.1 Å². The fourth-order valence-electron chi connectivity index (χ4n) is 2.26. The summed E-state index contributed by atoms with van der Waals surface area (Å²) in [6.45, 7) is 0.785. The molecule has 3 rings (SSSR count). The van der Waals surface area contributed by atoms with E-state index in [4.69, 9.17) is 21.7 Å². The van der Waals surface area contributed by atoms with E-state index in [1.54, 1.807) is 6.07 Å². The van der Waals surface area contributed by atoms with Crippen LogP contribution in [-0.2, 0) is 4.84 Å². The molecule has 1 aromatic heterocycles. The van der Waals surface area contributed by atoms with E-state index in [0.717, 1.165) is 0 Å². The summed E-state index contributed by atoms with van der Waals surface area (Å²) < 4.78 is 41.3. The number of hydrogen-bond acceptors (Lipinski definition) is 5. The Morgan fingerprint density at radius 1 is 1.17 bits per heavy atom. The van der Waals surface area contributed by atoms with E-state index in [2.05, 4.69) is 9.97 Å². The molecule has 23 heavy (non-hydrogen) atoms. The van der Waals surface area contributed by atoms with Crippen LogP contribution in [0.15, 0.2) is 12.1 Å². The maximum absolute atomic E-state index is 14.1. The second-order valence-electron chi connectivity index (χ2n) is 4.68. The molecule has 118 valence electrons. The SMILES string of the molecule is N#Cc1nc(Cl)c(-c2c(F)cc(F)cc2F)c(N2CCCO2)n1. The first-order valence-corrected chi connectivity index (χ1v) is 6.92. The molecular weight excluding hydrogens is 333 g/mol. The highest BCUT2D eigenvalue weighted by molar-refractivity contribution is 6.32. The molecule has 9 heteroatoms. The number of nitrogens with zero attached hydrogens (tertiary/aromatic N) is 4. The second-order valence-corrected chi connectivity index (χ2v) is 5.04. The summed E-state index contributed by atoms with van der Waals surface area (Å²) in [5.74, 6) is -3.68. The molecule has 5 nitrogen and oxygen atoms in total. The maximum Gasteiger partial charge on any atom is 0.235 e. The van der Waals surface area contributed by atoms with Crippen LogP contribution < -0.4 is 5.06 Å². The first-order chi connectivity index (χ1) is 11.0. The number of rotatable bonds is 2. The van der Waals surface area contributed by atoms with E-state index in [9.17, 15) is 13.2 Å². The molecule has 1 aliphatic heterocycles. The van der Waals surface area contributed by atoms with Gasteiger partial charge in [-0.05, 0) is 6.42 Å². The van der Waals surface area contributed by atoms with E-state index >= 15 is 0 Å². The lowest BCUT2D eigenvalue weighted by molar-refractivity contribution is 0.166. The number of aromatic nitrogens is 2. The summed E-state index contributed by atoms with van der Waals surface area (Å²) in [6.07, 6.45) is 0.664. The quantitative estimate of drug-likeness (QED) is 0.785. The van der Waals surface area contributed by atoms with E-state index in [1.165, 1.54) is 5.06 Å². The molecule has 1 saturated heterocycles. The standard InChI is InChI=1S/C14H8ClF3N4O/c15-13-12(11-8(17)4-7(16)5-9(11)18)14(21-10(6-19)20-13)22-2-1-3-23-22/h4-5H,1-3H2. The number of benzene rings is 1. The van der Waals surface area contributed by atoms with Gasteiger partial charge in [-0.25, -0.2) is 23.2 Å². The number of anilines is 1. The van der Waals surface area contributed by atoms with Crippen LogP contribution in [-0.4, -0.2) is 23.1 Å². The lowest BCUT2D eigenvalue weighted by atomic mass is 10.1. The molecule has 0 spiro atoms. The Hall–Kier alpha value is -2.37. The first-order valence-electron chi connectivity index (χ1n) is 6.54. The average Bonchev–Trinajstić information content (AvgIpc) is 3.01. The Morgan fingerprint density at radius 3 is 2.43 bits per heavy atom. The fraction of sp³-hybridized carbons (Fsp3) is 0.214. The number of nitriles is 1. The molecule has 0 radical (unpaired) electrons. The summed E-state index contributed by atoms with van der Waals surface area (Å²) in [5, 5.41) is 9.90. The highest BCUT2D eigenvalue weighted by Gasteiger charge is 2.27. The topological polar surface area (TPSA) is 62.0 Å². The van der Waals surface area contributed by atoms with E-state index < -0.39 is 23.0 Å². The molecule has 1 fully saturated rings. The zero-order valence-electron chi connectivity index (χ0n) is 11.5. The normalized spacial score (nSPS) is 14.1. The molecule has 0 N–H and O–H groups in total. The van der Waals surface area contributed by atoms with Crippen LogP contribution >= 0.6 is 11.6 Å². The third kappa shape index (κ3) is 2.81. The Morgan fingerprint density at radius 2 is 1.87 bits per heavy atom. The van der Waals surface area contributed by atoms with Gasteiger partial charge in [0, 0.05) is 18.7 Å². The highest BCUT2D eigenvalue weighted by atomic mass is 35.5. The third-order valence-electron chi connectivity index (χ3n) is 3.19. The van der Waals surface area contributed by atoms with Gasteiger partial charge < -0.3 is 0 Å². The Bertz CT molecular complexity index is 795. The molecule has 0 amide bonds. The van der Waals surface area contributed by atoms with Gasteiger partial charge in [0.25, 0.3) is 0 Å². The van der Waals surface area contributed by atoms with Gasteiger partial charge in [0.05, 0.1) is 17.7 Å². The second kappa shape index (κ2) is 6.02. The van der Waals surface area contributed by atoms with Crippen molar-refractivity contribution in [1.29, 1.82) is 5.26 Å².